The number of hydrogen-bond acceptors (Lipinski definition) is 6. The predicted molar refractivity (Wildman–Crippen MR) is 103 cm³/mol. The summed E-state index contributed by atoms with van der Waals surface area (Å²) in [4.78, 5) is 5.89. The number of rotatable bonds is 6. The fourth-order valence-corrected chi connectivity index (χ4v) is 5.25. The van der Waals surface area contributed by atoms with Crippen LogP contribution in [0.1, 0.15) is 25.1 Å². The Morgan fingerprint density at radius 3 is 2.65 bits per heavy atom. The molecule has 2 aromatic heterocycles. The number of sulfonamides is 1. The van der Waals surface area contributed by atoms with Gasteiger partial charge in [-0.25, -0.2) is 13.1 Å². The van der Waals surface area contributed by atoms with Crippen LogP contribution in [0.2, 0.25) is 5.02 Å². The molecular weight excluding hydrogens is 394 g/mol. The van der Waals surface area contributed by atoms with Gasteiger partial charge in [-0.05, 0) is 50.6 Å². The molecule has 2 heterocycles. The van der Waals surface area contributed by atoms with Gasteiger partial charge >= 0.3 is 0 Å². The zero-order chi connectivity index (χ0) is 18.9. The van der Waals surface area contributed by atoms with Gasteiger partial charge in [0.1, 0.15) is 0 Å². The normalized spacial score (nSPS) is 13.1. The van der Waals surface area contributed by atoms with Gasteiger partial charge in [0.2, 0.25) is 15.8 Å². The molecular formula is C17H18ClN3O3S2. The lowest BCUT2D eigenvalue weighted by molar-refractivity contribution is 0.433. The molecule has 0 saturated heterocycles. The minimum Gasteiger partial charge on any atom is -0.333 e. The molecule has 0 aliphatic carbocycles. The van der Waals surface area contributed by atoms with Crippen molar-refractivity contribution >= 4 is 33.0 Å². The van der Waals surface area contributed by atoms with E-state index in [4.69, 9.17) is 16.1 Å². The first-order valence-corrected chi connectivity index (χ1v) is 10.7. The Hall–Kier alpha value is -1.74. The topological polar surface area (TPSA) is 85.1 Å². The van der Waals surface area contributed by atoms with E-state index in [0.29, 0.717) is 27.0 Å². The highest BCUT2D eigenvalue weighted by molar-refractivity contribution is 7.89. The predicted octanol–water partition coefficient (Wildman–Crippen LogP) is 4.50. The Balaban J connectivity index is 1.91. The first-order chi connectivity index (χ1) is 12.3. The van der Waals surface area contributed by atoms with Crippen molar-refractivity contribution in [2.24, 2.45) is 0 Å². The zero-order valence-corrected chi connectivity index (χ0v) is 16.9. The molecule has 0 aliphatic rings. The van der Waals surface area contributed by atoms with Crippen LogP contribution in [0.15, 0.2) is 39.8 Å². The van der Waals surface area contributed by atoms with Gasteiger partial charge < -0.3 is 4.52 Å². The molecule has 6 nitrogen and oxygen atoms in total. The summed E-state index contributed by atoms with van der Waals surface area (Å²) in [7, 11) is -3.58. The third-order valence-electron chi connectivity index (χ3n) is 3.87. The van der Waals surface area contributed by atoms with Crippen molar-refractivity contribution in [1.82, 2.24) is 14.9 Å². The largest absolute Gasteiger partial charge is 0.333 e. The van der Waals surface area contributed by atoms with Crippen LogP contribution in [0.25, 0.3) is 22.2 Å². The number of nitrogens with one attached hydrogen (secondary N) is 1. The lowest BCUT2D eigenvalue weighted by Crippen LogP contribution is -2.32. The number of thiophene rings is 1. The molecule has 0 unspecified atom stereocenters. The highest BCUT2D eigenvalue weighted by Crippen LogP contribution is 2.33. The maximum atomic E-state index is 12.5. The smallest absolute Gasteiger partial charge is 0.268 e. The van der Waals surface area contributed by atoms with E-state index < -0.39 is 10.0 Å². The number of benzene rings is 1. The number of aromatic nitrogens is 2. The first kappa shape index (κ1) is 19.0. The molecule has 1 aromatic carbocycles. The van der Waals surface area contributed by atoms with Gasteiger partial charge in [0.25, 0.3) is 5.89 Å². The number of nitrogens with zero attached hydrogens (tertiary/aromatic N) is 2. The van der Waals surface area contributed by atoms with Gasteiger partial charge in [-0.2, -0.15) is 4.98 Å². The quantitative estimate of drug-likeness (QED) is 0.645. The van der Waals surface area contributed by atoms with Crippen molar-refractivity contribution < 1.29 is 12.9 Å². The molecule has 138 valence electrons. The summed E-state index contributed by atoms with van der Waals surface area (Å²) < 4.78 is 33.1. The monoisotopic (exact) mass is 411 g/mol. The third kappa shape index (κ3) is 3.98. The first-order valence-electron chi connectivity index (χ1n) is 8.03. The molecule has 3 rings (SSSR count). The van der Waals surface area contributed by atoms with Crippen LogP contribution < -0.4 is 4.72 Å². The molecule has 0 bridgehead atoms. The van der Waals surface area contributed by atoms with Crippen molar-refractivity contribution in [3.05, 3.63) is 40.2 Å². The van der Waals surface area contributed by atoms with Gasteiger partial charge in [-0.3, -0.25) is 0 Å². The Kier molecular flexibility index (Phi) is 5.47. The maximum absolute atomic E-state index is 12.5. The zero-order valence-electron chi connectivity index (χ0n) is 14.5. The molecule has 26 heavy (non-hydrogen) atoms. The van der Waals surface area contributed by atoms with E-state index >= 15 is 0 Å². The number of hydrogen-bond donors (Lipinski definition) is 1. The van der Waals surface area contributed by atoms with Crippen molar-refractivity contribution in [2.75, 3.05) is 0 Å². The Labute approximate surface area is 161 Å². The molecule has 1 atom stereocenters. The summed E-state index contributed by atoms with van der Waals surface area (Å²) in [5, 5.41) is 4.59. The summed E-state index contributed by atoms with van der Waals surface area (Å²) in [5.41, 5.74) is 0.768. The van der Waals surface area contributed by atoms with Crippen LogP contribution in [-0.2, 0) is 10.0 Å². The minimum atomic E-state index is -3.58. The molecule has 9 heteroatoms. The average molecular weight is 412 g/mol. The van der Waals surface area contributed by atoms with Gasteiger partial charge in [0, 0.05) is 21.5 Å². The molecule has 3 aromatic rings. The van der Waals surface area contributed by atoms with E-state index in [1.54, 1.807) is 37.3 Å². The summed E-state index contributed by atoms with van der Waals surface area (Å²) in [6, 6.07) is 8.51. The lowest BCUT2D eigenvalue weighted by atomic mass is 10.2. The van der Waals surface area contributed by atoms with Crippen molar-refractivity contribution in [2.45, 2.75) is 38.1 Å². The van der Waals surface area contributed by atoms with Gasteiger partial charge in [0.05, 0.1) is 9.77 Å². The number of halogens is 1. The minimum absolute atomic E-state index is 0.136. The van der Waals surface area contributed by atoms with E-state index in [9.17, 15) is 8.42 Å². The highest BCUT2D eigenvalue weighted by atomic mass is 35.5. The van der Waals surface area contributed by atoms with Crippen LogP contribution in [0.4, 0.5) is 0 Å². The lowest BCUT2D eigenvalue weighted by Gasteiger charge is -2.11. The van der Waals surface area contributed by atoms with Crippen molar-refractivity contribution in [3.63, 3.8) is 0 Å². The van der Waals surface area contributed by atoms with Gasteiger partial charge in [-0.1, -0.05) is 23.7 Å². The summed E-state index contributed by atoms with van der Waals surface area (Å²) in [6.45, 7) is 5.52. The van der Waals surface area contributed by atoms with Crippen molar-refractivity contribution in [3.8, 4) is 22.2 Å². The molecule has 0 aliphatic heterocycles. The van der Waals surface area contributed by atoms with E-state index in [1.807, 2.05) is 13.8 Å². The van der Waals surface area contributed by atoms with Crippen LogP contribution >= 0.6 is 22.9 Å². The second-order valence-electron chi connectivity index (χ2n) is 5.89. The van der Waals surface area contributed by atoms with Crippen LogP contribution in [0.5, 0.6) is 0 Å². The third-order valence-corrected chi connectivity index (χ3v) is 7.01. The van der Waals surface area contributed by atoms with E-state index in [1.165, 1.54) is 11.3 Å². The summed E-state index contributed by atoms with van der Waals surface area (Å²) >= 11 is 7.19. The molecule has 1 N–H and O–H groups in total. The Morgan fingerprint density at radius 1 is 1.31 bits per heavy atom. The molecule has 0 radical (unpaired) electrons. The van der Waals surface area contributed by atoms with E-state index in [2.05, 4.69) is 14.9 Å². The molecule has 0 spiro atoms. The summed E-state index contributed by atoms with van der Waals surface area (Å²) in [6.07, 6.45) is 0.712. The van der Waals surface area contributed by atoms with Crippen LogP contribution in [-0.4, -0.2) is 24.6 Å². The second-order valence-corrected chi connectivity index (χ2v) is 9.27. The van der Waals surface area contributed by atoms with Crippen LogP contribution in [0, 0.1) is 6.92 Å². The molecule has 0 fully saturated rings. The van der Waals surface area contributed by atoms with Gasteiger partial charge in [0.15, 0.2) is 0 Å². The van der Waals surface area contributed by atoms with Crippen molar-refractivity contribution in [1.29, 1.82) is 0 Å². The van der Waals surface area contributed by atoms with E-state index in [-0.39, 0.29) is 16.8 Å². The van der Waals surface area contributed by atoms with Crippen LogP contribution in [0.3, 0.4) is 0 Å². The Morgan fingerprint density at radius 2 is 2.00 bits per heavy atom. The molecule has 0 amide bonds. The average Bonchev–Trinajstić information content (AvgIpc) is 3.22. The van der Waals surface area contributed by atoms with Gasteiger partial charge in [-0.15, -0.1) is 11.3 Å². The highest BCUT2D eigenvalue weighted by Gasteiger charge is 2.24. The Bertz CT molecular complexity index is 1010. The maximum Gasteiger partial charge on any atom is 0.268 e. The van der Waals surface area contributed by atoms with E-state index in [0.717, 1.165) is 5.56 Å². The standard InChI is InChI=1S/C17H18ClN3O3S2/c1-4-10(2)21-26(22,23)15-9-14(25-11(15)3)17-19-16(20-24-17)12-5-7-13(18)8-6-12/h5-10,21H,4H2,1-3H3/t10-/m0/s1. The fourth-order valence-electron chi connectivity index (χ4n) is 2.29. The summed E-state index contributed by atoms with van der Waals surface area (Å²) in [5.74, 6) is 0.706. The fraction of sp³-hybridized carbons (Fsp3) is 0.294. The second kappa shape index (κ2) is 7.48. The SMILES string of the molecule is CC[C@H](C)NS(=O)(=O)c1cc(-c2nc(-c3ccc(Cl)cc3)no2)sc1C. The number of aryl methyl sites for hydroxylation is 1. The molecule has 0 saturated carbocycles.